The average Bonchev–Trinajstić information content (AvgIpc) is 2.96. The van der Waals surface area contributed by atoms with Crippen molar-refractivity contribution in [2.45, 2.75) is 16.7 Å². The van der Waals surface area contributed by atoms with Crippen molar-refractivity contribution in [3.05, 3.63) is 76.8 Å². The lowest BCUT2D eigenvalue weighted by Crippen LogP contribution is -2.26. The summed E-state index contributed by atoms with van der Waals surface area (Å²) in [5.74, 6) is -4.11. The van der Waals surface area contributed by atoms with E-state index >= 15 is 0 Å². The Labute approximate surface area is 257 Å². The SMILES string of the molecule is Cc1ccc2c(=O)c3c(O)c(S(=O)(=O)O)c4[nH+]c5c(cc(O)c6c(=O)c7ccc(S(=O)(=O)O)c(O)c7c(=O)c65)[nH+]c4c3c(=O)c2c1O. The number of fused-ring (bicyclic) bond motifs is 8. The van der Waals surface area contributed by atoms with E-state index < -0.39 is 129 Å². The van der Waals surface area contributed by atoms with Gasteiger partial charge in [0.15, 0.2) is 16.6 Å². The lowest BCUT2D eigenvalue weighted by Gasteiger charge is -2.09. The Morgan fingerprint density at radius 3 is 1.70 bits per heavy atom. The molecule has 0 aliphatic rings. The van der Waals surface area contributed by atoms with Gasteiger partial charge in [-0.3, -0.25) is 28.3 Å². The Hall–Kier alpha value is -5.82. The minimum atomic E-state index is -5.48. The maximum atomic E-state index is 13.9. The first-order valence-electron chi connectivity index (χ1n) is 13.0. The van der Waals surface area contributed by atoms with E-state index in [1.165, 1.54) is 19.1 Å². The Balaban J connectivity index is 1.83. The van der Waals surface area contributed by atoms with Gasteiger partial charge in [-0.2, -0.15) is 26.8 Å². The van der Waals surface area contributed by atoms with E-state index in [1.54, 1.807) is 0 Å². The number of H-pyrrole nitrogens is 2. The second-order valence-corrected chi connectivity index (χ2v) is 13.5. The predicted octanol–water partition coefficient (Wildman–Crippen LogP) is 0.175. The molecular formula is C29H16N2O14S2+2. The van der Waals surface area contributed by atoms with Crippen molar-refractivity contribution in [2.75, 3.05) is 0 Å². The van der Waals surface area contributed by atoms with Crippen LogP contribution in [-0.2, 0) is 20.2 Å². The highest BCUT2D eigenvalue weighted by Crippen LogP contribution is 2.38. The van der Waals surface area contributed by atoms with Gasteiger partial charge in [0.2, 0.25) is 15.8 Å². The number of aromatic hydroxyl groups is 4. The molecule has 0 aliphatic heterocycles. The number of aromatic nitrogens is 2. The molecule has 0 atom stereocenters. The van der Waals surface area contributed by atoms with Crippen LogP contribution in [0.3, 0.4) is 0 Å². The third kappa shape index (κ3) is 3.80. The van der Waals surface area contributed by atoms with Gasteiger partial charge in [-0.15, -0.1) is 0 Å². The van der Waals surface area contributed by atoms with E-state index in [0.717, 1.165) is 12.1 Å². The molecule has 236 valence electrons. The molecule has 0 aliphatic carbocycles. The van der Waals surface area contributed by atoms with Crippen molar-refractivity contribution >= 4 is 85.4 Å². The molecule has 8 N–H and O–H groups in total. The van der Waals surface area contributed by atoms with Crippen molar-refractivity contribution in [3.63, 3.8) is 0 Å². The molecule has 7 aromatic rings. The molecule has 1 aromatic heterocycles. The van der Waals surface area contributed by atoms with Gasteiger partial charge in [0.1, 0.15) is 32.9 Å². The third-order valence-electron chi connectivity index (χ3n) is 8.15. The Morgan fingerprint density at radius 1 is 0.553 bits per heavy atom. The van der Waals surface area contributed by atoms with Crippen LogP contribution in [0.15, 0.2) is 59.3 Å². The van der Waals surface area contributed by atoms with Crippen LogP contribution in [0.1, 0.15) is 5.56 Å². The quantitative estimate of drug-likeness (QED) is 0.0807. The summed E-state index contributed by atoms with van der Waals surface area (Å²) in [7, 11) is -10.6. The first-order chi connectivity index (χ1) is 21.9. The highest BCUT2D eigenvalue weighted by molar-refractivity contribution is 7.86. The van der Waals surface area contributed by atoms with E-state index in [2.05, 4.69) is 9.97 Å². The molecule has 0 unspecified atom stereocenters. The fourth-order valence-electron chi connectivity index (χ4n) is 6.10. The maximum absolute atomic E-state index is 13.9. The van der Waals surface area contributed by atoms with E-state index in [-0.39, 0.29) is 16.5 Å². The van der Waals surface area contributed by atoms with Crippen molar-refractivity contribution in [1.82, 2.24) is 0 Å². The number of phenolic OH excluding ortho intramolecular Hbond substituents is 4. The number of nitrogens with one attached hydrogen (secondary N) is 2. The Kier molecular flexibility index (Phi) is 5.80. The normalized spacial score (nSPS) is 12.7. The summed E-state index contributed by atoms with van der Waals surface area (Å²) in [5.41, 5.74) is -6.58. The molecule has 0 bridgehead atoms. The molecule has 6 aromatic carbocycles. The van der Waals surface area contributed by atoms with Gasteiger partial charge >= 0.3 is 15.6 Å². The van der Waals surface area contributed by atoms with Crippen LogP contribution >= 0.6 is 0 Å². The van der Waals surface area contributed by atoms with E-state index in [1.807, 2.05) is 0 Å². The summed E-state index contributed by atoms with van der Waals surface area (Å²) in [6.07, 6.45) is 0. The summed E-state index contributed by atoms with van der Waals surface area (Å²) in [5, 5.41) is 38.1. The molecule has 0 saturated carbocycles. The van der Waals surface area contributed by atoms with Gasteiger partial charge in [0, 0.05) is 10.8 Å². The molecule has 47 heavy (non-hydrogen) atoms. The molecule has 0 fully saturated rings. The van der Waals surface area contributed by atoms with Gasteiger partial charge < -0.3 is 20.4 Å². The monoisotopic (exact) mass is 680 g/mol. The van der Waals surface area contributed by atoms with Gasteiger partial charge in [-0.1, -0.05) is 6.07 Å². The summed E-state index contributed by atoms with van der Waals surface area (Å²) in [6, 6.07) is 4.85. The number of aryl methyl sites for hydroxylation is 1. The first kappa shape index (κ1) is 29.9. The summed E-state index contributed by atoms with van der Waals surface area (Å²) < 4.78 is 68.7. The Morgan fingerprint density at radius 2 is 1.11 bits per heavy atom. The van der Waals surface area contributed by atoms with Crippen molar-refractivity contribution in [1.29, 1.82) is 0 Å². The lowest BCUT2D eigenvalue weighted by atomic mass is 9.97. The number of aromatic amines is 2. The zero-order valence-corrected chi connectivity index (χ0v) is 24.8. The largest absolute Gasteiger partial charge is 0.507 e. The van der Waals surface area contributed by atoms with Crippen molar-refractivity contribution < 1.29 is 56.3 Å². The minimum Gasteiger partial charge on any atom is -0.507 e. The van der Waals surface area contributed by atoms with Crippen LogP contribution in [0.4, 0.5) is 0 Å². The molecule has 18 heteroatoms. The average molecular weight is 681 g/mol. The second kappa shape index (κ2) is 9.13. The Bertz CT molecular complexity index is 3150. The highest BCUT2D eigenvalue weighted by atomic mass is 32.2. The van der Waals surface area contributed by atoms with E-state index in [4.69, 9.17) is 0 Å². The smallest absolute Gasteiger partial charge is 0.305 e. The van der Waals surface area contributed by atoms with Crippen LogP contribution in [0, 0.1) is 6.92 Å². The summed E-state index contributed by atoms with van der Waals surface area (Å²) in [6.45, 7) is 1.44. The molecule has 0 saturated heterocycles. The van der Waals surface area contributed by atoms with Crippen LogP contribution in [0.5, 0.6) is 23.0 Å². The number of hydrogen-bond donors (Lipinski definition) is 6. The van der Waals surface area contributed by atoms with Gasteiger partial charge in [0.05, 0.1) is 27.6 Å². The van der Waals surface area contributed by atoms with Crippen molar-refractivity contribution in [2.24, 2.45) is 0 Å². The van der Waals surface area contributed by atoms with E-state index in [0.29, 0.717) is 6.07 Å². The van der Waals surface area contributed by atoms with Crippen LogP contribution in [-0.4, -0.2) is 46.4 Å². The van der Waals surface area contributed by atoms with Crippen LogP contribution in [0.25, 0.3) is 65.2 Å². The molecule has 16 nitrogen and oxygen atoms in total. The third-order valence-corrected chi connectivity index (χ3v) is 9.95. The zero-order chi connectivity index (χ0) is 34.2. The zero-order valence-electron chi connectivity index (χ0n) is 23.2. The standard InChI is InChI=1S/C29H14N2O14S2/c1-7-2-3-8-13(22(7)33)26(37)17-18(24(8)35)28(39)29(47(43,44)45)21-20(17)30-10-6-11(32)15-16(19(10)31-21)27(38)14-9(23(15)34)4-5-12(25(14)36)46(40,41)42/h2-6,32-33,36,39H,1H3,(H,40,41,42)(H,43,44,45)/p+2. The van der Waals surface area contributed by atoms with E-state index in [9.17, 15) is 65.5 Å². The molecule has 0 amide bonds. The van der Waals surface area contributed by atoms with Crippen molar-refractivity contribution in [3.8, 4) is 23.0 Å². The highest BCUT2D eigenvalue weighted by Gasteiger charge is 2.37. The maximum Gasteiger partial charge on any atom is 0.305 e. The first-order valence-corrected chi connectivity index (χ1v) is 15.9. The predicted molar refractivity (Wildman–Crippen MR) is 163 cm³/mol. The van der Waals surface area contributed by atoms with Gasteiger partial charge in [0.25, 0.3) is 26.7 Å². The fourth-order valence-corrected chi connectivity index (χ4v) is 7.45. The molecule has 0 radical (unpaired) electrons. The minimum absolute atomic E-state index is 0.192. The number of rotatable bonds is 2. The number of benzene rings is 6. The molecular weight excluding hydrogens is 664 g/mol. The molecule has 0 spiro atoms. The second-order valence-electron chi connectivity index (χ2n) is 10.8. The summed E-state index contributed by atoms with van der Waals surface area (Å²) >= 11 is 0. The molecule has 7 rings (SSSR count). The number of phenols is 4. The lowest BCUT2D eigenvalue weighted by molar-refractivity contribution is -0.360. The summed E-state index contributed by atoms with van der Waals surface area (Å²) in [4.78, 5) is 57.4. The fraction of sp³-hybridized carbons (Fsp3) is 0.0345. The van der Waals surface area contributed by atoms with Crippen LogP contribution < -0.4 is 31.7 Å². The van der Waals surface area contributed by atoms with Gasteiger partial charge in [-0.25, -0.2) is 0 Å². The number of hydrogen-bond acceptors (Lipinski definition) is 12. The van der Waals surface area contributed by atoms with Gasteiger partial charge in [-0.05, 0) is 30.7 Å². The topological polar surface area (TPSA) is 286 Å². The molecule has 1 heterocycles. The van der Waals surface area contributed by atoms with Crippen LogP contribution in [0.2, 0.25) is 0 Å².